The molecule has 19 heavy (non-hydrogen) atoms. The SMILES string of the molecule is CN1CCCC1c1cccnc1Sc1ccccc1. The first-order valence-corrected chi connectivity index (χ1v) is 7.54. The van der Waals surface area contributed by atoms with Crippen LogP contribution in [-0.2, 0) is 0 Å². The molecule has 0 saturated carbocycles. The monoisotopic (exact) mass is 270 g/mol. The van der Waals surface area contributed by atoms with Crippen molar-refractivity contribution in [3.8, 4) is 0 Å². The lowest BCUT2D eigenvalue weighted by molar-refractivity contribution is 0.313. The van der Waals surface area contributed by atoms with Gasteiger partial charge >= 0.3 is 0 Å². The van der Waals surface area contributed by atoms with Crippen LogP contribution in [0.15, 0.2) is 58.6 Å². The topological polar surface area (TPSA) is 16.1 Å². The molecule has 1 aromatic heterocycles. The van der Waals surface area contributed by atoms with Gasteiger partial charge in [0.05, 0.1) is 0 Å². The van der Waals surface area contributed by atoms with Gasteiger partial charge in [-0.2, -0.15) is 0 Å². The van der Waals surface area contributed by atoms with Gasteiger partial charge < -0.3 is 0 Å². The molecule has 1 saturated heterocycles. The standard InChI is InChI=1S/C16H18N2S/c1-18-12-6-10-15(18)14-9-5-11-17-16(14)19-13-7-3-2-4-8-13/h2-5,7-9,11,15H,6,10,12H2,1H3. The Balaban J connectivity index is 1.89. The van der Waals surface area contributed by atoms with Crippen LogP contribution in [0.3, 0.4) is 0 Å². The average Bonchev–Trinajstić information content (AvgIpc) is 2.87. The number of pyridine rings is 1. The molecule has 1 aliphatic rings. The molecule has 0 bridgehead atoms. The van der Waals surface area contributed by atoms with Crippen LogP contribution in [0.25, 0.3) is 0 Å². The largest absolute Gasteiger partial charge is 0.299 e. The van der Waals surface area contributed by atoms with Crippen molar-refractivity contribution >= 4 is 11.8 Å². The van der Waals surface area contributed by atoms with Crippen LogP contribution in [0.4, 0.5) is 0 Å². The van der Waals surface area contributed by atoms with E-state index in [0.717, 1.165) is 5.03 Å². The summed E-state index contributed by atoms with van der Waals surface area (Å²) in [5.74, 6) is 0. The Hall–Kier alpha value is -1.32. The highest BCUT2D eigenvalue weighted by Gasteiger charge is 2.25. The van der Waals surface area contributed by atoms with E-state index in [1.165, 1.54) is 29.8 Å². The molecule has 1 aliphatic heterocycles. The zero-order valence-corrected chi connectivity index (χ0v) is 11.9. The van der Waals surface area contributed by atoms with Crippen LogP contribution < -0.4 is 0 Å². The van der Waals surface area contributed by atoms with Gasteiger partial charge in [-0.3, -0.25) is 4.90 Å². The number of rotatable bonds is 3. The third-order valence-electron chi connectivity index (χ3n) is 3.64. The Morgan fingerprint density at radius 2 is 2.00 bits per heavy atom. The summed E-state index contributed by atoms with van der Waals surface area (Å²) in [5.41, 5.74) is 1.37. The fourth-order valence-corrected chi connectivity index (χ4v) is 3.60. The quantitative estimate of drug-likeness (QED) is 0.838. The lowest BCUT2D eigenvalue weighted by Gasteiger charge is -2.21. The highest BCUT2D eigenvalue weighted by atomic mass is 32.2. The van der Waals surface area contributed by atoms with Gasteiger partial charge in [0.25, 0.3) is 0 Å². The number of benzene rings is 1. The zero-order chi connectivity index (χ0) is 13.1. The Morgan fingerprint density at radius 1 is 1.16 bits per heavy atom. The summed E-state index contributed by atoms with van der Waals surface area (Å²) in [6.45, 7) is 1.19. The Kier molecular flexibility index (Phi) is 3.85. The second-order valence-electron chi connectivity index (χ2n) is 4.95. The molecule has 0 radical (unpaired) electrons. The number of nitrogens with zero attached hydrogens (tertiary/aromatic N) is 2. The molecule has 1 aromatic carbocycles. The van der Waals surface area contributed by atoms with Crippen molar-refractivity contribution in [2.75, 3.05) is 13.6 Å². The van der Waals surface area contributed by atoms with E-state index < -0.39 is 0 Å². The normalized spacial score (nSPS) is 19.7. The molecule has 0 N–H and O–H groups in total. The minimum atomic E-state index is 0.528. The van der Waals surface area contributed by atoms with Gasteiger partial charge in [0.15, 0.2) is 0 Å². The molecule has 0 amide bonds. The number of likely N-dealkylation sites (tertiary alicyclic amines) is 1. The van der Waals surface area contributed by atoms with Crippen molar-refractivity contribution in [1.82, 2.24) is 9.88 Å². The van der Waals surface area contributed by atoms with Crippen molar-refractivity contribution in [2.24, 2.45) is 0 Å². The fraction of sp³-hybridized carbons (Fsp3) is 0.312. The molecule has 3 rings (SSSR count). The summed E-state index contributed by atoms with van der Waals surface area (Å²) >= 11 is 1.77. The maximum Gasteiger partial charge on any atom is 0.105 e. The lowest BCUT2D eigenvalue weighted by atomic mass is 10.1. The summed E-state index contributed by atoms with van der Waals surface area (Å²) in [4.78, 5) is 8.28. The first-order chi connectivity index (χ1) is 9.34. The van der Waals surface area contributed by atoms with Crippen molar-refractivity contribution in [2.45, 2.75) is 28.8 Å². The third kappa shape index (κ3) is 2.82. The maximum atomic E-state index is 4.59. The molecule has 1 atom stereocenters. The van der Waals surface area contributed by atoms with E-state index in [0.29, 0.717) is 6.04 Å². The summed E-state index contributed by atoms with van der Waals surface area (Å²) in [6.07, 6.45) is 4.42. The summed E-state index contributed by atoms with van der Waals surface area (Å²) in [6, 6.07) is 15.3. The van der Waals surface area contributed by atoms with Crippen molar-refractivity contribution < 1.29 is 0 Å². The van der Waals surface area contributed by atoms with Gasteiger partial charge in [-0.1, -0.05) is 36.0 Å². The van der Waals surface area contributed by atoms with Crippen molar-refractivity contribution in [1.29, 1.82) is 0 Å². The van der Waals surface area contributed by atoms with E-state index in [2.05, 4.69) is 53.3 Å². The smallest absolute Gasteiger partial charge is 0.105 e. The molecular formula is C16H18N2S. The van der Waals surface area contributed by atoms with Gasteiger partial charge in [-0.05, 0) is 44.6 Å². The molecule has 0 spiro atoms. The second-order valence-corrected chi connectivity index (χ2v) is 6.01. The predicted molar refractivity (Wildman–Crippen MR) is 79.4 cm³/mol. The highest BCUT2D eigenvalue weighted by Crippen LogP contribution is 2.37. The zero-order valence-electron chi connectivity index (χ0n) is 11.1. The van der Waals surface area contributed by atoms with Gasteiger partial charge in [0.1, 0.15) is 5.03 Å². The van der Waals surface area contributed by atoms with Crippen LogP contribution >= 0.6 is 11.8 Å². The molecular weight excluding hydrogens is 252 g/mol. The molecule has 1 fully saturated rings. The highest BCUT2D eigenvalue weighted by molar-refractivity contribution is 7.99. The third-order valence-corrected chi connectivity index (χ3v) is 4.68. The van der Waals surface area contributed by atoms with Crippen LogP contribution in [0.2, 0.25) is 0 Å². The summed E-state index contributed by atoms with van der Waals surface area (Å²) in [5, 5.41) is 1.15. The molecule has 2 heterocycles. The predicted octanol–water partition coefficient (Wildman–Crippen LogP) is 4.00. The van der Waals surface area contributed by atoms with E-state index in [-0.39, 0.29) is 0 Å². The molecule has 2 nitrogen and oxygen atoms in total. The number of hydrogen-bond donors (Lipinski definition) is 0. The minimum Gasteiger partial charge on any atom is -0.299 e. The molecule has 3 heteroatoms. The van der Waals surface area contributed by atoms with Crippen LogP contribution in [0.1, 0.15) is 24.4 Å². The first kappa shape index (κ1) is 12.7. The van der Waals surface area contributed by atoms with Gasteiger partial charge in [0.2, 0.25) is 0 Å². The van der Waals surface area contributed by atoms with E-state index in [1.54, 1.807) is 11.8 Å². The molecule has 98 valence electrons. The second kappa shape index (κ2) is 5.76. The molecule has 0 aliphatic carbocycles. The number of aromatic nitrogens is 1. The van der Waals surface area contributed by atoms with Crippen molar-refractivity contribution in [3.63, 3.8) is 0 Å². The minimum absolute atomic E-state index is 0.528. The van der Waals surface area contributed by atoms with Crippen molar-refractivity contribution in [3.05, 3.63) is 54.2 Å². The fourth-order valence-electron chi connectivity index (χ4n) is 2.65. The van der Waals surface area contributed by atoms with Crippen LogP contribution in [0, 0.1) is 0 Å². The van der Waals surface area contributed by atoms with Crippen LogP contribution in [0.5, 0.6) is 0 Å². The van der Waals surface area contributed by atoms with E-state index in [9.17, 15) is 0 Å². The van der Waals surface area contributed by atoms with E-state index >= 15 is 0 Å². The Bertz CT molecular complexity index is 541. The number of hydrogen-bond acceptors (Lipinski definition) is 3. The summed E-state index contributed by atoms with van der Waals surface area (Å²) < 4.78 is 0. The first-order valence-electron chi connectivity index (χ1n) is 6.72. The molecule has 2 aromatic rings. The van der Waals surface area contributed by atoms with Gasteiger partial charge in [-0.15, -0.1) is 0 Å². The van der Waals surface area contributed by atoms with E-state index in [4.69, 9.17) is 0 Å². The van der Waals surface area contributed by atoms with Gasteiger partial charge in [0, 0.05) is 22.7 Å². The van der Waals surface area contributed by atoms with Crippen LogP contribution in [-0.4, -0.2) is 23.5 Å². The average molecular weight is 270 g/mol. The van der Waals surface area contributed by atoms with Gasteiger partial charge in [-0.25, -0.2) is 4.98 Å². The van der Waals surface area contributed by atoms with E-state index in [1.807, 2.05) is 12.3 Å². The Morgan fingerprint density at radius 3 is 2.74 bits per heavy atom. The summed E-state index contributed by atoms with van der Waals surface area (Å²) in [7, 11) is 2.21. The lowest BCUT2D eigenvalue weighted by Crippen LogP contribution is -2.18. The maximum absolute atomic E-state index is 4.59. The molecule has 1 unspecified atom stereocenters. The Labute approximate surface area is 118 Å².